The van der Waals surface area contributed by atoms with Gasteiger partial charge in [-0.25, -0.2) is 0 Å². The molecule has 1 aliphatic carbocycles. The largest absolute Gasteiger partial charge is 0.294 e. The smallest absolute Gasteiger partial charge is 0.264 e. The molecule has 0 aromatic heterocycles. The van der Waals surface area contributed by atoms with Crippen LogP contribution in [0.15, 0.2) is 29.2 Å². The van der Waals surface area contributed by atoms with E-state index in [2.05, 4.69) is 17.4 Å². The summed E-state index contributed by atoms with van der Waals surface area (Å²) in [6.45, 7) is 0. The van der Waals surface area contributed by atoms with Gasteiger partial charge in [-0.3, -0.25) is 14.9 Å². The van der Waals surface area contributed by atoms with Gasteiger partial charge in [0.05, 0.1) is 4.91 Å². The van der Waals surface area contributed by atoms with Crippen LogP contribution in [0.5, 0.6) is 0 Å². The number of rotatable bonds is 8. The highest BCUT2D eigenvalue weighted by molar-refractivity contribution is 8.03. The van der Waals surface area contributed by atoms with E-state index in [1.807, 2.05) is 24.5 Å². The van der Waals surface area contributed by atoms with Gasteiger partial charge in [0.2, 0.25) is 6.41 Å². The molecule has 124 valence electrons. The minimum Gasteiger partial charge on any atom is -0.294 e. The van der Waals surface area contributed by atoms with Crippen LogP contribution < -0.4 is 5.32 Å². The predicted molar refractivity (Wildman–Crippen MR) is 97.0 cm³/mol. The molecular formula is C19H25NO2S. The van der Waals surface area contributed by atoms with Crippen molar-refractivity contribution in [1.82, 2.24) is 5.32 Å². The lowest BCUT2D eigenvalue weighted by molar-refractivity contribution is -0.121. The molecule has 1 saturated carbocycles. The zero-order chi connectivity index (χ0) is 16.5. The van der Waals surface area contributed by atoms with Gasteiger partial charge in [-0.05, 0) is 42.2 Å². The second-order valence-corrected chi connectivity index (χ2v) is 6.94. The van der Waals surface area contributed by atoms with Crippen LogP contribution in [0.4, 0.5) is 0 Å². The molecule has 0 heterocycles. The number of aryl methyl sites for hydroxylation is 1. The van der Waals surface area contributed by atoms with Crippen molar-refractivity contribution in [2.24, 2.45) is 5.92 Å². The van der Waals surface area contributed by atoms with Gasteiger partial charge < -0.3 is 0 Å². The van der Waals surface area contributed by atoms with E-state index in [1.54, 1.807) is 0 Å². The molecule has 1 fully saturated rings. The summed E-state index contributed by atoms with van der Waals surface area (Å²) in [5.41, 5.74) is 2.33. The van der Waals surface area contributed by atoms with Gasteiger partial charge in [-0.1, -0.05) is 56.4 Å². The lowest BCUT2D eigenvalue weighted by Gasteiger charge is -2.08. The van der Waals surface area contributed by atoms with Crippen LogP contribution in [0, 0.1) is 5.92 Å². The maximum absolute atomic E-state index is 11.7. The van der Waals surface area contributed by atoms with Crippen LogP contribution in [0.1, 0.15) is 49.7 Å². The average molecular weight is 331 g/mol. The first-order chi connectivity index (χ1) is 11.2. The van der Waals surface area contributed by atoms with E-state index in [4.69, 9.17) is 0 Å². The Labute approximate surface area is 142 Å². The van der Waals surface area contributed by atoms with Crippen molar-refractivity contribution < 1.29 is 9.59 Å². The second-order valence-electron chi connectivity index (χ2n) is 6.09. The van der Waals surface area contributed by atoms with E-state index in [0.29, 0.717) is 11.3 Å². The van der Waals surface area contributed by atoms with E-state index in [1.165, 1.54) is 55.9 Å². The van der Waals surface area contributed by atoms with Crippen LogP contribution in [0.25, 0.3) is 6.08 Å². The molecule has 23 heavy (non-hydrogen) atoms. The summed E-state index contributed by atoms with van der Waals surface area (Å²) in [7, 11) is 0. The summed E-state index contributed by atoms with van der Waals surface area (Å²) in [5.74, 6) is 0.603. The summed E-state index contributed by atoms with van der Waals surface area (Å²) in [6.07, 6.45) is 13.5. The topological polar surface area (TPSA) is 46.2 Å². The summed E-state index contributed by atoms with van der Waals surface area (Å²) in [6, 6.07) is 8.34. The fraction of sp³-hybridized carbons (Fsp3) is 0.474. The average Bonchev–Trinajstić information content (AvgIpc) is 3.07. The lowest BCUT2D eigenvalue weighted by Crippen LogP contribution is -2.21. The Hall–Kier alpha value is -1.55. The molecule has 2 rings (SSSR count). The third-order valence-electron chi connectivity index (χ3n) is 4.46. The number of amides is 2. The molecule has 0 saturated heterocycles. The summed E-state index contributed by atoms with van der Waals surface area (Å²) < 4.78 is 0. The van der Waals surface area contributed by atoms with Crippen molar-refractivity contribution in [3.05, 3.63) is 40.3 Å². The number of hydrogen-bond donors (Lipinski definition) is 1. The van der Waals surface area contributed by atoms with E-state index < -0.39 is 0 Å². The van der Waals surface area contributed by atoms with E-state index >= 15 is 0 Å². The van der Waals surface area contributed by atoms with Gasteiger partial charge in [-0.2, -0.15) is 0 Å². The molecule has 3 nitrogen and oxygen atoms in total. The molecule has 0 bridgehead atoms. The predicted octanol–water partition coefficient (Wildman–Crippen LogP) is 4.18. The number of benzene rings is 1. The summed E-state index contributed by atoms with van der Waals surface area (Å²) in [5, 5.41) is 2.17. The molecule has 0 radical (unpaired) electrons. The maximum atomic E-state index is 11.7. The third-order valence-corrected chi connectivity index (χ3v) is 5.21. The Morgan fingerprint density at radius 1 is 1.26 bits per heavy atom. The van der Waals surface area contributed by atoms with Crippen LogP contribution >= 0.6 is 11.8 Å². The van der Waals surface area contributed by atoms with Gasteiger partial charge in [-0.15, -0.1) is 11.8 Å². The first-order valence-corrected chi connectivity index (χ1v) is 9.54. The standard InChI is InChI=1S/C19H25NO2S/c1-23-18(19(22)20-14-21)13-17-11-9-16(10-12-17)8-4-7-15-5-2-3-6-15/h9-15H,2-8H2,1H3,(H,20,21,22)/b18-13-. The van der Waals surface area contributed by atoms with Crippen LogP contribution in [-0.2, 0) is 16.0 Å². The molecular weight excluding hydrogens is 306 g/mol. The zero-order valence-corrected chi connectivity index (χ0v) is 14.5. The Balaban J connectivity index is 1.87. The fourth-order valence-corrected chi connectivity index (χ4v) is 3.67. The summed E-state index contributed by atoms with van der Waals surface area (Å²) in [4.78, 5) is 22.6. The third kappa shape index (κ3) is 5.87. The minimum absolute atomic E-state index is 0.354. The van der Waals surface area contributed by atoms with Crippen LogP contribution in [0.3, 0.4) is 0 Å². The van der Waals surface area contributed by atoms with Crippen molar-refractivity contribution >= 4 is 30.2 Å². The van der Waals surface area contributed by atoms with Crippen LogP contribution in [0.2, 0.25) is 0 Å². The van der Waals surface area contributed by atoms with Crippen LogP contribution in [-0.4, -0.2) is 18.6 Å². The molecule has 0 spiro atoms. The Morgan fingerprint density at radius 3 is 2.57 bits per heavy atom. The van der Waals surface area contributed by atoms with Crippen molar-refractivity contribution in [1.29, 1.82) is 0 Å². The first kappa shape index (κ1) is 17.8. The number of carbonyl (C=O) groups is 2. The molecule has 1 aliphatic rings. The number of nitrogens with one attached hydrogen (secondary N) is 1. The van der Waals surface area contributed by atoms with E-state index in [0.717, 1.165) is 17.9 Å². The molecule has 0 atom stereocenters. The number of hydrogen-bond acceptors (Lipinski definition) is 3. The van der Waals surface area contributed by atoms with E-state index in [-0.39, 0.29) is 5.91 Å². The SMILES string of the molecule is CS/C(=C\c1ccc(CCCC2CCCC2)cc1)C(=O)NC=O. The molecule has 0 aliphatic heterocycles. The molecule has 1 aromatic carbocycles. The van der Waals surface area contributed by atoms with Crippen molar-refractivity contribution in [2.75, 3.05) is 6.26 Å². The molecule has 2 amide bonds. The monoisotopic (exact) mass is 331 g/mol. The molecule has 4 heteroatoms. The highest BCUT2D eigenvalue weighted by Gasteiger charge is 2.14. The number of imide groups is 1. The highest BCUT2D eigenvalue weighted by atomic mass is 32.2. The Morgan fingerprint density at radius 2 is 1.96 bits per heavy atom. The van der Waals surface area contributed by atoms with Crippen molar-refractivity contribution in [2.45, 2.75) is 44.9 Å². The van der Waals surface area contributed by atoms with Gasteiger partial charge in [0.15, 0.2) is 0 Å². The lowest BCUT2D eigenvalue weighted by atomic mass is 9.98. The maximum Gasteiger partial charge on any atom is 0.264 e. The first-order valence-electron chi connectivity index (χ1n) is 8.32. The second kappa shape index (κ2) is 9.56. The van der Waals surface area contributed by atoms with Gasteiger partial charge in [0.25, 0.3) is 5.91 Å². The minimum atomic E-state index is -0.354. The van der Waals surface area contributed by atoms with E-state index in [9.17, 15) is 9.59 Å². The van der Waals surface area contributed by atoms with Crippen molar-refractivity contribution in [3.63, 3.8) is 0 Å². The molecule has 1 N–H and O–H groups in total. The number of thioether (sulfide) groups is 1. The molecule has 1 aromatic rings. The fourth-order valence-electron chi connectivity index (χ4n) is 3.17. The van der Waals surface area contributed by atoms with Crippen molar-refractivity contribution in [3.8, 4) is 0 Å². The molecule has 0 unspecified atom stereocenters. The zero-order valence-electron chi connectivity index (χ0n) is 13.7. The van der Waals surface area contributed by atoms with Gasteiger partial charge in [0, 0.05) is 0 Å². The van der Waals surface area contributed by atoms with Gasteiger partial charge in [0.1, 0.15) is 0 Å². The Kier molecular flexibility index (Phi) is 7.40. The normalized spacial score (nSPS) is 15.6. The van der Waals surface area contributed by atoms with Gasteiger partial charge >= 0.3 is 0 Å². The Bertz CT molecular complexity index is 545. The highest BCUT2D eigenvalue weighted by Crippen LogP contribution is 2.29. The quantitative estimate of drug-likeness (QED) is 0.574. The number of carbonyl (C=O) groups excluding carboxylic acids is 2. The summed E-state index contributed by atoms with van der Waals surface area (Å²) >= 11 is 1.34.